The van der Waals surface area contributed by atoms with Crippen molar-refractivity contribution in [2.45, 2.75) is 17.7 Å². The second-order valence-electron chi connectivity index (χ2n) is 6.28. The quantitative estimate of drug-likeness (QED) is 0.562. The highest BCUT2D eigenvalue weighted by molar-refractivity contribution is 9.10. The van der Waals surface area contributed by atoms with Gasteiger partial charge < -0.3 is 0 Å². The second-order valence-corrected chi connectivity index (χ2v) is 9.13. The van der Waals surface area contributed by atoms with E-state index >= 15 is 0 Å². The first-order valence-corrected chi connectivity index (χ1v) is 10.8. The number of carbonyl (C=O) groups is 1. The number of carbonyl (C=O) groups excluding carboxylic acids is 1. The van der Waals surface area contributed by atoms with Crippen LogP contribution >= 0.6 is 15.9 Å². The average Bonchev–Trinajstić information content (AvgIpc) is 2.70. The van der Waals surface area contributed by atoms with Crippen molar-refractivity contribution in [1.29, 1.82) is 0 Å². The van der Waals surface area contributed by atoms with Crippen molar-refractivity contribution in [2.75, 3.05) is 13.1 Å². The highest BCUT2D eigenvalue weighted by Crippen LogP contribution is 2.23. The summed E-state index contributed by atoms with van der Waals surface area (Å²) in [5.74, 6) is -0.422. The normalized spacial score (nSPS) is 16.5. The Morgan fingerprint density at radius 1 is 1.07 bits per heavy atom. The van der Waals surface area contributed by atoms with Gasteiger partial charge in [0, 0.05) is 23.5 Å². The Bertz CT molecular complexity index is 907. The van der Waals surface area contributed by atoms with Crippen molar-refractivity contribution in [3.8, 4) is 0 Å². The molecule has 0 bridgehead atoms. The summed E-state index contributed by atoms with van der Waals surface area (Å²) >= 11 is 3.36. The van der Waals surface area contributed by atoms with Gasteiger partial charge in [0.25, 0.3) is 0 Å². The molecular formula is C19H20BrN3O3S. The molecule has 1 aliphatic heterocycles. The maximum atomic E-state index is 12.6. The summed E-state index contributed by atoms with van der Waals surface area (Å²) < 4.78 is 27.6. The van der Waals surface area contributed by atoms with Gasteiger partial charge >= 0.3 is 0 Å². The summed E-state index contributed by atoms with van der Waals surface area (Å²) in [6, 6.07) is 15.9. The fraction of sp³-hybridized carbons (Fsp3) is 0.263. The van der Waals surface area contributed by atoms with Crippen LogP contribution in [-0.4, -0.2) is 37.9 Å². The third-order valence-corrected chi connectivity index (χ3v) is 6.91. The first-order chi connectivity index (χ1) is 13.0. The Balaban J connectivity index is 1.53. The number of piperidine rings is 1. The highest BCUT2D eigenvalue weighted by Gasteiger charge is 2.31. The molecular weight excluding hydrogens is 430 g/mol. The van der Waals surface area contributed by atoms with E-state index in [1.165, 1.54) is 4.31 Å². The number of hydrogen-bond donors (Lipinski definition) is 1. The molecule has 0 spiro atoms. The van der Waals surface area contributed by atoms with Crippen molar-refractivity contribution in [3.05, 3.63) is 64.6 Å². The molecule has 1 N–H and O–H groups in total. The molecule has 1 aliphatic rings. The number of nitrogens with one attached hydrogen (secondary N) is 1. The van der Waals surface area contributed by atoms with Gasteiger partial charge in [-0.3, -0.25) is 4.79 Å². The molecule has 1 heterocycles. The van der Waals surface area contributed by atoms with Crippen LogP contribution in [0.3, 0.4) is 0 Å². The van der Waals surface area contributed by atoms with Crippen molar-refractivity contribution < 1.29 is 13.2 Å². The van der Waals surface area contributed by atoms with Crippen LogP contribution in [0.2, 0.25) is 0 Å². The SMILES string of the molecule is O=C(N/N=C/c1ccc(Br)cc1)C1CCN(S(=O)(=O)c2ccccc2)CC1. The largest absolute Gasteiger partial charge is 0.273 e. The van der Waals surface area contributed by atoms with Gasteiger partial charge in [-0.1, -0.05) is 46.3 Å². The van der Waals surface area contributed by atoms with Gasteiger partial charge in [0.05, 0.1) is 11.1 Å². The van der Waals surface area contributed by atoms with Crippen LogP contribution in [0.1, 0.15) is 18.4 Å². The fourth-order valence-electron chi connectivity index (χ4n) is 2.91. The van der Waals surface area contributed by atoms with E-state index in [0.717, 1.165) is 10.0 Å². The summed E-state index contributed by atoms with van der Waals surface area (Å²) in [5, 5.41) is 3.99. The predicted molar refractivity (Wildman–Crippen MR) is 108 cm³/mol. The van der Waals surface area contributed by atoms with Gasteiger partial charge in [0.1, 0.15) is 0 Å². The molecule has 0 aromatic heterocycles. The van der Waals surface area contributed by atoms with E-state index in [4.69, 9.17) is 0 Å². The first-order valence-electron chi connectivity index (χ1n) is 8.60. The number of amides is 1. The summed E-state index contributed by atoms with van der Waals surface area (Å²) in [6.07, 6.45) is 2.54. The summed E-state index contributed by atoms with van der Waals surface area (Å²) in [7, 11) is -3.50. The maximum Gasteiger partial charge on any atom is 0.243 e. The van der Waals surface area contributed by atoms with E-state index in [0.29, 0.717) is 25.9 Å². The summed E-state index contributed by atoms with van der Waals surface area (Å²) in [5.41, 5.74) is 3.43. The van der Waals surface area contributed by atoms with E-state index in [-0.39, 0.29) is 16.7 Å². The molecule has 142 valence electrons. The lowest BCUT2D eigenvalue weighted by Crippen LogP contribution is -2.42. The lowest BCUT2D eigenvalue weighted by atomic mass is 9.98. The molecule has 0 radical (unpaired) electrons. The molecule has 1 fully saturated rings. The molecule has 2 aromatic carbocycles. The van der Waals surface area contributed by atoms with Crippen LogP contribution in [0.25, 0.3) is 0 Å². The van der Waals surface area contributed by atoms with Gasteiger partial charge in [-0.2, -0.15) is 9.41 Å². The molecule has 0 atom stereocenters. The number of rotatable bonds is 5. The van der Waals surface area contributed by atoms with E-state index in [1.807, 2.05) is 24.3 Å². The Morgan fingerprint density at radius 3 is 2.33 bits per heavy atom. The van der Waals surface area contributed by atoms with Crippen LogP contribution in [0, 0.1) is 5.92 Å². The Kier molecular flexibility index (Phi) is 6.41. The zero-order valence-corrected chi connectivity index (χ0v) is 17.0. The molecule has 0 saturated carbocycles. The minimum absolute atomic E-state index is 0.180. The Labute approximate surface area is 167 Å². The number of sulfonamides is 1. The number of hydrogen-bond acceptors (Lipinski definition) is 4. The minimum Gasteiger partial charge on any atom is -0.273 e. The molecule has 1 saturated heterocycles. The van der Waals surface area contributed by atoms with Crippen molar-refractivity contribution >= 4 is 38.1 Å². The van der Waals surface area contributed by atoms with Gasteiger partial charge in [0.2, 0.25) is 15.9 Å². The summed E-state index contributed by atoms with van der Waals surface area (Å²) in [4.78, 5) is 12.6. The van der Waals surface area contributed by atoms with E-state index in [2.05, 4.69) is 26.5 Å². The summed E-state index contributed by atoms with van der Waals surface area (Å²) in [6.45, 7) is 0.650. The van der Waals surface area contributed by atoms with Gasteiger partial charge in [-0.15, -0.1) is 0 Å². The molecule has 8 heteroatoms. The van der Waals surface area contributed by atoms with Crippen LogP contribution in [0.5, 0.6) is 0 Å². The third kappa shape index (κ3) is 5.03. The zero-order valence-electron chi connectivity index (χ0n) is 14.6. The average molecular weight is 450 g/mol. The molecule has 6 nitrogen and oxygen atoms in total. The van der Waals surface area contributed by atoms with Gasteiger partial charge in [-0.25, -0.2) is 13.8 Å². The Hall–Kier alpha value is -2.03. The van der Waals surface area contributed by atoms with Crippen LogP contribution in [-0.2, 0) is 14.8 Å². The van der Waals surface area contributed by atoms with E-state index < -0.39 is 10.0 Å². The standard InChI is InChI=1S/C19H20BrN3O3S/c20-17-8-6-15(7-9-17)14-21-22-19(24)16-10-12-23(13-11-16)27(25,26)18-4-2-1-3-5-18/h1-9,14,16H,10-13H2,(H,22,24)/b21-14+. The van der Waals surface area contributed by atoms with Crippen LogP contribution < -0.4 is 5.43 Å². The topological polar surface area (TPSA) is 78.8 Å². The lowest BCUT2D eigenvalue weighted by molar-refractivity contribution is -0.126. The maximum absolute atomic E-state index is 12.6. The number of hydrazone groups is 1. The molecule has 27 heavy (non-hydrogen) atoms. The molecule has 1 amide bonds. The van der Waals surface area contributed by atoms with E-state index in [9.17, 15) is 13.2 Å². The van der Waals surface area contributed by atoms with Crippen molar-refractivity contribution in [3.63, 3.8) is 0 Å². The molecule has 2 aromatic rings. The van der Waals surface area contributed by atoms with Crippen molar-refractivity contribution in [2.24, 2.45) is 11.0 Å². The molecule has 0 unspecified atom stereocenters. The molecule has 3 rings (SSSR count). The van der Waals surface area contributed by atoms with Gasteiger partial charge in [0.15, 0.2) is 0 Å². The fourth-order valence-corrected chi connectivity index (χ4v) is 4.67. The predicted octanol–water partition coefficient (Wildman–Crippen LogP) is 3.00. The Morgan fingerprint density at radius 2 is 1.70 bits per heavy atom. The smallest absolute Gasteiger partial charge is 0.243 e. The second kappa shape index (κ2) is 8.77. The molecule has 0 aliphatic carbocycles. The number of halogens is 1. The first kappa shape index (κ1) is 19.7. The highest BCUT2D eigenvalue weighted by atomic mass is 79.9. The van der Waals surface area contributed by atoms with E-state index in [1.54, 1.807) is 36.5 Å². The number of benzene rings is 2. The van der Waals surface area contributed by atoms with Crippen LogP contribution in [0.4, 0.5) is 0 Å². The lowest BCUT2D eigenvalue weighted by Gasteiger charge is -2.30. The number of nitrogens with zero attached hydrogens (tertiary/aromatic N) is 2. The van der Waals surface area contributed by atoms with Gasteiger partial charge in [-0.05, 0) is 42.7 Å². The van der Waals surface area contributed by atoms with Crippen molar-refractivity contribution in [1.82, 2.24) is 9.73 Å². The zero-order chi connectivity index (χ0) is 19.3. The minimum atomic E-state index is -3.50. The third-order valence-electron chi connectivity index (χ3n) is 4.46. The van der Waals surface area contributed by atoms with Crippen LogP contribution in [0.15, 0.2) is 69.1 Å². The monoisotopic (exact) mass is 449 g/mol.